The number of aryl methyl sites for hydroxylation is 1. The summed E-state index contributed by atoms with van der Waals surface area (Å²) in [5.41, 5.74) is 1.64. The predicted molar refractivity (Wildman–Crippen MR) is 98.4 cm³/mol. The molecule has 8 heteroatoms. The maximum atomic E-state index is 12.9. The molecule has 8 nitrogen and oxygen atoms in total. The zero-order chi connectivity index (χ0) is 18.6. The smallest absolute Gasteiger partial charge is 0.253 e. The van der Waals surface area contributed by atoms with Crippen LogP contribution < -0.4 is 0 Å². The van der Waals surface area contributed by atoms with Crippen molar-refractivity contribution in [3.8, 4) is 5.69 Å². The highest BCUT2D eigenvalue weighted by Crippen LogP contribution is 2.14. The van der Waals surface area contributed by atoms with Crippen LogP contribution in [0, 0.1) is 6.92 Å². The molecule has 0 spiro atoms. The van der Waals surface area contributed by atoms with Crippen molar-refractivity contribution in [3.05, 3.63) is 60.0 Å². The molecule has 27 heavy (non-hydrogen) atoms. The van der Waals surface area contributed by atoms with Gasteiger partial charge in [0.05, 0.1) is 12.2 Å². The molecule has 0 radical (unpaired) electrons. The zero-order valence-electron chi connectivity index (χ0n) is 15.3. The lowest BCUT2D eigenvalue weighted by Gasteiger charge is -2.21. The molecule has 1 amide bonds. The third-order valence-corrected chi connectivity index (χ3v) is 4.69. The molecule has 3 heterocycles. The molecule has 0 saturated carbocycles. The largest absolute Gasteiger partial charge is 0.338 e. The summed E-state index contributed by atoms with van der Waals surface area (Å²) in [5, 5.41) is 8.04. The molecular formula is C19H22N6O2. The van der Waals surface area contributed by atoms with Crippen LogP contribution in [0.5, 0.6) is 0 Å². The van der Waals surface area contributed by atoms with Crippen molar-refractivity contribution < 1.29 is 9.32 Å². The summed E-state index contributed by atoms with van der Waals surface area (Å²) in [5.74, 6) is 1.34. The second-order valence-electron chi connectivity index (χ2n) is 6.65. The quantitative estimate of drug-likeness (QED) is 0.702. The van der Waals surface area contributed by atoms with Crippen molar-refractivity contribution in [2.75, 3.05) is 26.2 Å². The topological polar surface area (TPSA) is 80.3 Å². The van der Waals surface area contributed by atoms with Crippen LogP contribution in [0.2, 0.25) is 0 Å². The van der Waals surface area contributed by atoms with Gasteiger partial charge < -0.3 is 9.42 Å². The van der Waals surface area contributed by atoms with E-state index in [1.54, 1.807) is 10.9 Å². The van der Waals surface area contributed by atoms with Crippen molar-refractivity contribution in [3.63, 3.8) is 0 Å². The van der Waals surface area contributed by atoms with Gasteiger partial charge >= 0.3 is 0 Å². The summed E-state index contributed by atoms with van der Waals surface area (Å²) in [4.78, 5) is 21.3. The van der Waals surface area contributed by atoms with Gasteiger partial charge in [-0.15, -0.1) is 0 Å². The van der Waals surface area contributed by atoms with E-state index >= 15 is 0 Å². The van der Waals surface area contributed by atoms with Gasteiger partial charge in [0.2, 0.25) is 5.89 Å². The van der Waals surface area contributed by atoms with Crippen molar-refractivity contribution in [2.45, 2.75) is 19.9 Å². The molecule has 0 aliphatic carbocycles. The van der Waals surface area contributed by atoms with Crippen LogP contribution in [0.15, 0.2) is 47.2 Å². The molecule has 0 unspecified atom stereocenters. The number of nitrogens with zero attached hydrogens (tertiary/aromatic N) is 6. The average molecular weight is 366 g/mol. The fraction of sp³-hybridized carbons (Fsp3) is 0.368. The van der Waals surface area contributed by atoms with Gasteiger partial charge in [-0.1, -0.05) is 5.16 Å². The van der Waals surface area contributed by atoms with Crippen LogP contribution in [0.25, 0.3) is 5.69 Å². The molecule has 1 saturated heterocycles. The standard InChI is InChI=1S/C19H22N6O2/c1-15-21-18(27-22-15)14-23-9-3-10-24(13-12-23)19(26)16-4-6-17(7-5-16)25-11-2-8-20-25/h2,4-8,11H,3,9-10,12-14H2,1H3. The van der Waals surface area contributed by atoms with Crippen LogP contribution in [-0.4, -0.2) is 61.8 Å². The Morgan fingerprint density at radius 2 is 2.00 bits per heavy atom. The minimum absolute atomic E-state index is 0.0671. The maximum Gasteiger partial charge on any atom is 0.253 e. The number of aromatic nitrogens is 4. The summed E-state index contributed by atoms with van der Waals surface area (Å²) in [6, 6.07) is 9.44. The monoisotopic (exact) mass is 366 g/mol. The lowest BCUT2D eigenvalue weighted by atomic mass is 10.1. The summed E-state index contributed by atoms with van der Waals surface area (Å²) in [7, 11) is 0. The van der Waals surface area contributed by atoms with E-state index in [9.17, 15) is 4.79 Å². The fourth-order valence-electron chi connectivity index (χ4n) is 3.29. The van der Waals surface area contributed by atoms with E-state index in [-0.39, 0.29) is 5.91 Å². The lowest BCUT2D eigenvalue weighted by molar-refractivity contribution is 0.0760. The van der Waals surface area contributed by atoms with E-state index in [4.69, 9.17) is 4.52 Å². The molecule has 2 aromatic heterocycles. The molecule has 140 valence electrons. The second-order valence-corrected chi connectivity index (χ2v) is 6.65. The van der Waals surface area contributed by atoms with E-state index in [1.807, 2.05) is 48.4 Å². The van der Waals surface area contributed by atoms with Gasteiger partial charge in [-0.2, -0.15) is 10.1 Å². The van der Waals surface area contributed by atoms with Crippen molar-refractivity contribution in [1.82, 2.24) is 29.7 Å². The van der Waals surface area contributed by atoms with Gasteiger partial charge in [0.25, 0.3) is 5.91 Å². The number of rotatable bonds is 4. The van der Waals surface area contributed by atoms with E-state index in [0.29, 0.717) is 30.4 Å². The Bertz CT molecular complexity index is 887. The van der Waals surface area contributed by atoms with E-state index in [1.165, 1.54) is 0 Å². The molecule has 0 bridgehead atoms. The molecule has 1 fully saturated rings. The highest BCUT2D eigenvalue weighted by atomic mass is 16.5. The van der Waals surface area contributed by atoms with Crippen LogP contribution in [0.3, 0.4) is 0 Å². The van der Waals surface area contributed by atoms with Gasteiger partial charge in [-0.3, -0.25) is 9.69 Å². The van der Waals surface area contributed by atoms with Crippen molar-refractivity contribution in [2.24, 2.45) is 0 Å². The fourth-order valence-corrected chi connectivity index (χ4v) is 3.29. The molecular weight excluding hydrogens is 344 g/mol. The third-order valence-electron chi connectivity index (χ3n) is 4.69. The lowest BCUT2D eigenvalue weighted by Crippen LogP contribution is -2.35. The van der Waals surface area contributed by atoms with Crippen LogP contribution in [-0.2, 0) is 6.54 Å². The van der Waals surface area contributed by atoms with Gasteiger partial charge in [0, 0.05) is 44.1 Å². The second kappa shape index (κ2) is 7.71. The molecule has 3 aromatic rings. The minimum Gasteiger partial charge on any atom is -0.338 e. The van der Waals surface area contributed by atoms with E-state index in [0.717, 1.165) is 31.7 Å². The van der Waals surface area contributed by atoms with Gasteiger partial charge in [0.1, 0.15) is 0 Å². The number of benzene rings is 1. The van der Waals surface area contributed by atoms with Crippen LogP contribution >= 0.6 is 0 Å². The average Bonchev–Trinajstić information content (AvgIpc) is 3.30. The number of amides is 1. The summed E-state index contributed by atoms with van der Waals surface area (Å²) in [6.07, 6.45) is 4.53. The summed E-state index contributed by atoms with van der Waals surface area (Å²) in [6.45, 7) is 5.57. The van der Waals surface area contributed by atoms with Crippen molar-refractivity contribution in [1.29, 1.82) is 0 Å². The van der Waals surface area contributed by atoms with Gasteiger partial charge in [0.15, 0.2) is 5.82 Å². The third kappa shape index (κ3) is 4.06. The van der Waals surface area contributed by atoms with E-state index in [2.05, 4.69) is 20.1 Å². The first-order valence-corrected chi connectivity index (χ1v) is 9.10. The van der Waals surface area contributed by atoms with Crippen molar-refractivity contribution >= 4 is 5.91 Å². The van der Waals surface area contributed by atoms with E-state index < -0.39 is 0 Å². The first-order valence-electron chi connectivity index (χ1n) is 9.10. The predicted octanol–water partition coefficient (Wildman–Crippen LogP) is 1.91. The van der Waals surface area contributed by atoms with Gasteiger partial charge in [-0.05, 0) is 43.7 Å². The van der Waals surface area contributed by atoms with Crippen LogP contribution in [0.4, 0.5) is 0 Å². The zero-order valence-corrected chi connectivity index (χ0v) is 15.3. The highest BCUT2D eigenvalue weighted by Gasteiger charge is 2.21. The first-order chi connectivity index (χ1) is 13.2. The number of hydrogen-bond acceptors (Lipinski definition) is 6. The number of carbonyl (C=O) groups excluding carboxylic acids is 1. The Kier molecular flexibility index (Phi) is 4.97. The highest BCUT2D eigenvalue weighted by molar-refractivity contribution is 5.94. The summed E-state index contributed by atoms with van der Waals surface area (Å²) >= 11 is 0. The van der Waals surface area contributed by atoms with Crippen LogP contribution in [0.1, 0.15) is 28.5 Å². The SMILES string of the molecule is Cc1noc(CN2CCCN(C(=O)c3ccc(-n4cccn4)cc3)CC2)n1. The molecule has 0 atom stereocenters. The number of hydrogen-bond donors (Lipinski definition) is 0. The Labute approximate surface area is 157 Å². The minimum atomic E-state index is 0.0671. The Hall–Kier alpha value is -3.00. The first kappa shape index (κ1) is 17.4. The molecule has 0 N–H and O–H groups in total. The normalized spacial score (nSPS) is 15.7. The van der Waals surface area contributed by atoms with Gasteiger partial charge in [-0.25, -0.2) is 4.68 Å². The molecule has 4 rings (SSSR count). The summed E-state index contributed by atoms with van der Waals surface area (Å²) < 4.78 is 6.98. The Balaban J connectivity index is 1.37. The molecule has 1 aliphatic rings. The maximum absolute atomic E-state index is 12.9. The molecule has 1 aromatic carbocycles. The number of carbonyl (C=O) groups is 1. The molecule has 1 aliphatic heterocycles. The Morgan fingerprint density at radius 3 is 2.70 bits per heavy atom. The Morgan fingerprint density at radius 1 is 1.15 bits per heavy atom.